The molecule has 0 aliphatic carbocycles. The van der Waals surface area contributed by atoms with E-state index in [1.54, 1.807) is 0 Å². The first-order valence-electron chi connectivity index (χ1n) is 32.6. The summed E-state index contributed by atoms with van der Waals surface area (Å²) in [6.07, 6.45) is -83.5. The summed E-state index contributed by atoms with van der Waals surface area (Å²) < 4.78 is 390. The second kappa shape index (κ2) is 49.2. The van der Waals surface area contributed by atoms with Gasteiger partial charge >= 0.3 is 72.8 Å². The molecule has 7 fully saturated rings. The summed E-state index contributed by atoms with van der Waals surface area (Å²) in [5.41, 5.74) is 0. The van der Waals surface area contributed by atoms with E-state index in [-0.39, 0.29) is 48.9 Å². The molecule has 7 aliphatic heterocycles. The van der Waals surface area contributed by atoms with Crippen molar-refractivity contribution < 1.29 is 314 Å². The quantitative estimate of drug-likeness (QED) is 0.00393. The van der Waals surface area contributed by atoms with Gasteiger partial charge in [-0.05, 0) is 0 Å². The highest BCUT2D eigenvalue weighted by Crippen LogP contribution is 2.42. The molecule has 83 heteroatoms. The maximum absolute atomic E-state index is 12.8. The Morgan fingerprint density at radius 3 is 0.746 bits per heavy atom. The van der Waals surface area contributed by atoms with Crippen LogP contribution in [-0.2, 0) is 234 Å². The van der Waals surface area contributed by atoms with Gasteiger partial charge in [0.05, 0.1) is 50.6 Å². The molecule has 0 bridgehead atoms. The monoisotopic (exact) mass is 2080 g/mol. The van der Waals surface area contributed by atoms with Crippen LogP contribution in [0.1, 0.15) is 0 Å². The average Bonchev–Trinajstić information content (AvgIpc) is 0.762. The van der Waals surface area contributed by atoms with Gasteiger partial charge in [0.2, 0.25) is 18.9 Å². The molecule has 738 valence electrons. The molecule has 72 nitrogen and oxygen atoms in total. The summed E-state index contributed by atoms with van der Waals surface area (Å²) in [6.45, 7) is -8.07. The standard InChI is InChI=1S/C43H72N4O68S11/c1-84-34-14(45-117-113-109-60)19(53)25(10(93-34)3-89-121(66,67)68)96-41-32(106-125(78,79)80)23(57)29(39(103-41)86-7-49)100-36-16(47-119-115-111-62)21(55)27(12(95-36)5-91-123(72,73)74)98-43-33(107-126(81,82)83)24(58)30(40(104-43)87-8-50)101-37-15(46-118-114-110-61)20(54)26(11(94-37)4-90-122(69,70)71)97-42-31(105-124(75,76)77)22(56)28(38(102-42)85-6-48)99-35-13(44-116-112-108-59)18(52)17(51)9(92-35)2-88-120(63,64)65/h6-47,51-62H,2-5H2,1H3,(H,63,64,65)(H,66,67,68)(H,69,70,71)(H,72,73,74)(H,75,76,77)(H,78,79,80)(H,81,82,83)/t9?,10?,11?,12?,13?,14?,15?,16?,17-,18-,19-,20-,21-,22-,23-,24-,25-,26-,27-,28-,29-,30-,31?,32?,33?,34-,35+,36+,37+,38?,39?,40?,41-,42-,43-/m1/s1. The van der Waals surface area contributed by atoms with Crippen LogP contribution in [0, 0.1) is 0 Å². The zero-order valence-electron chi connectivity index (χ0n) is 60.8. The van der Waals surface area contributed by atoms with Crippen molar-refractivity contribution in [3.05, 3.63) is 0 Å². The van der Waals surface area contributed by atoms with Gasteiger partial charge < -0.3 is 121 Å². The summed E-state index contributed by atoms with van der Waals surface area (Å²) >= 11 is -0.917. The number of rotatable bonds is 53. The van der Waals surface area contributed by atoms with Gasteiger partial charge in [0.25, 0.3) is 19.4 Å². The first-order valence-corrected chi connectivity index (χ1v) is 45.1. The summed E-state index contributed by atoms with van der Waals surface area (Å²) in [4.78, 5) is 36.8. The minimum atomic E-state index is -6.23. The summed E-state index contributed by atoms with van der Waals surface area (Å²) in [6, 6.07) is -8.83. The van der Waals surface area contributed by atoms with Crippen LogP contribution in [-0.4, -0.2) is 421 Å². The van der Waals surface area contributed by atoms with Gasteiger partial charge in [-0.2, -0.15) is 58.9 Å². The van der Waals surface area contributed by atoms with Gasteiger partial charge in [0, 0.05) is 7.11 Å². The summed E-state index contributed by atoms with van der Waals surface area (Å²) in [5, 5.41) is 144. The van der Waals surface area contributed by atoms with Crippen LogP contribution in [0.2, 0.25) is 0 Å². The Labute approximate surface area is 719 Å². The van der Waals surface area contributed by atoms with Crippen molar-refractivity contribution in [2.45, 2.75) is 215 Å². The van der Waals surface area contributed by atoms with Gasteiger partial charge in [-0.25, -0.2) is 69.2 Å². The topological polar surface area (TPSA) is 1020 Å². The number of hydrogen-bond acceptors (Lipinski definition) is 69. The van der Waals surface area contributed by atoms with Crippen molar-refractivity contribution in [1.82, 2.24) is 18.9 Å². The highest BCUT2D eigenvalue weighted by molar-refractivity contribution is 7.93. The van der Waals surface area contributed by atoms with Crippen molar-refractivity contribution in [3.8, 4) is 0 Å². The molecule has 0 radical (unpaired) electrons. The Kier molecular flexibility index (Phi) is 43.1. The van der Waals surface area contributed by atoms with E-state index in [0.29, 0.717) is 0 Å². The predicted octanol–water partition coefficient (Wildman–Crippen LogP) is -14.1. The molecule has 14 unspecified atom stereocenters. The Morgan fingerprint density at radius 2 is 0.508 bits per heavy atom. The molecule has 0 saturated carbocycles. The first kappa shape index (κ1) is 110. The highest BCUT2D eigenvalue weighted by atomic mass is 32.3. The van der Waals surface area contributed by atoms with E-state index in [1.165, 1.54) is 0 Å². The van der Waals surface area contributed by atoms with E-state index in [9.17, 15) is 146 Å². The summed E-state index contributed by atoms with van der Waals surface area (Å²) in [5.74, 6) is 0. The number of aliphatic hydroxyl groups excluding tert-OH is 8. The Hall–Kier alpha value is -2.62. The molecular formula is C43H72N4O68S11. The van der Waals surface area contributed by atoms with Gasteiger partial charge in [-0.3, -0.25) is 46.3 Å². The molecule has 0 spiro atoms. The predicted molar refractivity (Wildman–Crippen MR) is 363 cm³/mol. The third-order valence-electron chi connectivity index (χ3n) is 16.9. The largest absolute Gasteiger partial charge is 0.435 e. The van der Waals surface area contributed by atoms with Gasteiger partial charge in [0.1, 0.15) is 140 Å². The molecule has 0 aromatic rings. The average molecular weight is 2090 g/mol. The lowest BCUT2D eigenvalue weighted by atomic mass is 9.95. The van der Waals surface area contributed by atoms with Crippen LogP contribution >= 0.6 is 48.9 Å². The highest BCUT2D eigenvalue weighted by Gasteiger charge is 2.63. The number of aliphatic hydroxyl groups is 8. The first-order chi connectivity index (χ1) is 58.8. The van der Waals surface area contributed by atoms with E-state index in [2.05, 4.69) is 85.7 Å². The van der Waals surface area contributed by atoms with Crippen molar-refractivity contribution in [2.75, 3.05) is 33.5 Å². The van der Waals surface area contributed by atoms with Crippen LogP contribution in [0.4, 0.5) is 0 Å². The SMILES string of the molecule is CO[C@@H]1OC(COS(=O)(=O)O)[C@@H](O[C@@H]2OC(OC=O)[C@H](O[C@@H]3OC(COS(=O)(=O)O)[C@@H](O[C@@H]4OC(OC=O)[C@H](O[C@@H]5OC(COS(=O)(=O)O)[C@@H](O[C@@H]6OC(OC=O)[C@H](O[C@@H]7OC(COS(=O)(=O)O)[C@@H](O)[C@H](O)C7NSOOO)[C@@H](O)C6OS(=O)(=O)O)[C@H](O)C5NSOOO)[C@@H](O)C4OS(=O)(=O)O)[C@H](O)C3NSOOO)[C@@H](O)C2OS(=O)(=O)O)[C@H](O)C1NSOOO. The van der Waals surface area contributed by atoms with Crippen molar-refractivity contribution >= 4 is 141 Å². The molecule has 35 atom stereocenters. The number of carbonyl (C=O) groups is 3. The number of hydrogen-bond donors (Lipinski definition) is 23. The molecule has 0 aromatic heterocycles. The third kappa shape index (κ3) is 32.9. The molecule has 126 heavy (non-hydrogen) atoms. The molecule has 23 N–H and O–H groups in total. The van der Waals surface area contributed by atoms with Gasteiger partial charge in [0.15, 0.2) is 80.7 Å². The van der Waals surface area contributed by atoms with E-state index >= 15 is 0 Å². The normalized spacial score (nSPS) is 38.4. The Bertz CT molecular complexity index is 4230. The summed E-state index contributed by atoms with van der Waals surface area (Å²) in [7, 11) is -40.0. The van der Waals surface area contributed by atoms with E-state index < -0.39 is 334 Å². The molecule has 7 aliphatic rings. The van der Waals surface area contributed by atoms with Crippen LogP contribution in [0.3, 0.4) is 0 Å². The van der Waals surface area contributed by atoms with Gasteiger partial charge in [-0.1, -0.05) is 20.2 Å². The lowest BCUT2D eigenvalue weighted by Crippen LogP contribution is -2.70. The lowest BCUT2D eigenvalue weighted by Gasteiger charge is -2.51. The smallest absolute Gasteiger partial charge is 0.397 e. The fraction of sp³-hybridized carbons (Fsp3) is 0.930. The zero-order valence-corrected chi connectivity index (χ0v) is 69.7. The molecule has 7 saturated heterocycles. The van der Waals surface area contributed by atoms with Crippen LogP contribution in [0.15, 0.2) is 0 Å². The minimum absolute atomic E-state index is 0.0265. The molecule has 0 aromatic carbocycles. The van der Waals surface area contributed by atoms with Crippen LogP contribution in [0.5, 0.6) is 0 Å². The van der Waals surface area contributed by atoms with Crippen molar-refractivity contribution in [1.29, 1.82) is 0 Å². The Balaban J connectivity index is 1.24. The maximum atomic E-state index is 12.8. The zero-order chi connectivity index (χ0) is 93.9. The Morgan fingerprint density at radius 1 is 0.278 bits per heavy atom. The number of carbonyl (C=O) groups excluding carboxylic acids is 3. The van der Waals surface area contributed by atoms with E-state index in [1.807, 2.05) is 0 Å². The maximum Gasteiger partial charge on any atom is 0.397 e. The number of ether oxygens (including phenoxy) is 17. The molecular weight excluding hydrogens is 2010 g/mol. The molecule has 7 heterocycles. The van der Waals surface area contributed by atoms with E-state index in [0.717, 1.165) is 7.11 Å². The van der Waals surface area contributed by atoms with Gasteiger partial charge in [-0.15, -0.1) is 17.3 Å². The third-order valence-corrected chi connectivity index (χ3v) is 22.0. The van der Waals surface area contributed by atoms with Crippen LogP contribution in [0.25, 0.3) is 0 Å². The molecule has 7 rings (SSSR count). The minimum Gasteiger partial charge on any atom is -0.435 e. The van der Waals surface area contributed by atoms with Crippen LogP contribution < -0.4 is 18.9 Å². The lowest BCUT2D eigenvalue weighted by molar-refractivity contribution is -0.432. The van der Waals surface area contributed by atoms with Crippen molar-refractivity contribution in [2.24, 2.45) is 0 Å². The number of methoxy groups -OCH3 is 1. The van der Waals surface area contributed by atoms with E-state index in [4.69, 9.17) is 102 Å². The molecule has 0 amide bonds. The fourth-order valence-electron chi connectivity index (χ4n) is 12.1. The van der Waals surface area contributed by atoms with Crippen molar-refractivity contribution in [3.63, 3.8) is 0 Å². The second-order valence-corrected chi connectivity index (χ2v) is 34.2. The second-order valence-electron chi connectivity index (χ2n) is 24.5. The fourth-order valence-corrected chi connectivity index (χ4v) is 16.5. The number of nitrogens with one attached hydrogen (secondary N) is 4.